The summed E-state index contributed by atoms with van der Waals surface area (Å²) in [6.45, 7) is 4.41. The summed E-state index contributed by atoms with van der Waals surface area (Å²) in [5, 5.41) is 8.84. The summed E-state index contributed by atoms with van der Waals surface area (Å²) in [5.41, 5.74) is 0.322. The Labute approximate surface area is 66.6 Å². The van der Waals surface area contributed by atoms with Gasteiger partial charge in [-0.05, 0) is 30.1 Å². The first-order valence-electron chi connectivity index (χ1n) is 4.26. The maximum atomic E-state index is 10.7. The second kappa shape index (κ2) is 1.79. The lowest BCUT2D eigenvalue weighted by atomic mass is 9.60. The van der Waals surface area contributed by atoms with Crippen LogP contribution in [0.25, 0.3) is 0 Å². The zero-order chi connectivity index (χ0) is 8.22. The molecule has 3 aliphatic carbocycles. The van der Waals surface area contributed by atoms with E-state index in [0.29, 0.717) is 17.3 Å². The molecule has 3 aliphatic rings. The molecule has 0 amide bonds. The minimum atomic E-state index is -0.580. The van der Waals surface area contributed by atoms with Crippen molar-refractivity contribution in [2.75, 3.05) is 0 Å². The highest BCUT2D eigenvalue weighted by Gasteiger charge is 2.60. The van der Waals surface area contributed by atoms with Crippen molar-refractivity contribution in [3.8, 4) is 0 Å². The van der Waals surface area contributed by atoms with Crippen LogP contribution >= 0.6 is 0 Å². The fourth-order valence-electron chi connectivity index (χ4n) is 2.88. The van der Waals surface area contributed by atoms with Gasteiger partial charge in [0.05, 0.1) is 5.92 Å². The van der Waals surface area contributed by atoms with Crippen molar-refractivity contribution in [1.82, 2.24) is 0 Å². The monoisotopic (exact) mass is 154 g/mol. The van der Waals surface area contributed by atoms with Crippen LogP contribution in [0.4, 0.5) is 0 Å². The Balaban J connectivity index is 2.18. The van der Waals surface area contributed by atoms with E-state index in [2.05, 4.69) is 13.8 Å². The molecule has 0 spiro atoms. The molecule has 1 N–H and O–H groups in total. The predicted molar refractivity (Wildman–Crippen MR) is 41.1 cm³/mol. The largest absolute Gasteiger partial charge is 0.481 e. The Morgan fingerprint density at radius 3 is 2.27 bits per heavy atom. The lowest BCUT2D eigenvalue weighted by Crippen LogP contribution is -2.39. The molecule has 2 heteroatoms. The van der Waals surface area contributed by atoms with E-state index in [9.17, 15) is 4.79 Å². The first kappa shape index (κ1) is 7.14. The molecular weight excluding hydrogens is 140 g/mol. The van der Waals surface area contributed by atoms with Gasteiger partial charge in [-0.25, -0.2) is 0 Å². The van der Waals surface area contributed by atoms with Gasteiger partial charge in [-0.2, -0.15) is 0 Å². The highest BCUT2D eigenvalue weighted by Crippen LogP contribution is 2.64. The predicted octanol–water partition coefficient (Wildman–Crippen LogP) is 1.75. The first-order valence-corrected chi connectivity index (χ1v) is 4.26. The molecule has 62 valence electrons. The number of carboxylic acid groups (broad SMARTS) is 1. The number of rotatable bonds is 1. The van der Waals surface area contributed by atoms with Crippen LogP contribution in [0.15, 0.2) is 0 Å². The van der Waals surface area contributed by atoms with E-state index in [4.69, 9.17) is 5.11 Å². The Morgan fingerprint density at radius 2 is 2.09 bits per heavy atom. The number of carbonyl (C=O) groups is 1. The summed E-state index contributed by atoms with van der Waals surface area (Å²) in [4.78, 5) is 10.7. The van der Waals surface area contributed by atoms with Gasteiger partial charge in [0.2, 0.25) is 0 Å². The first-order chi connectivity index (χ1) is 5.03. The van der Waals surface area contributed by atoms with E-state index in [1.165, 1.54) is 0 Å². The molecule has 2 nitrogen and oxygen atoms in total. The Morgan fingerprint density at radius 1 is 1.45 bits per heavy atom. The second-order valence-electron chi connectivity index (χ2n) is 4.54. The maximum absolute atomic E-state index is 10.7. The maximum Gasteiger partial charge on any atom is 0.306 e. The van der Waals surface area contributed by atoms with Gasteiger partial charge in [-0.1, -0.05) is 13.8 Å². The Hall–Kier alpha value is -0.530. The molecular formula is C9H14O2. The lowest BCUT2D eigenvalue weighted by Gasteiger charge is -2.44. The number of carboxylic acids is 1. The van der Waals surface area contributed by atoms with Gasteiger partial charge in [0, 0.05) is 0 Å². The van der Waals surface area contributed by atoms with Crippen LogP contribution in [0.1, 0.15) is 26.7 Å². The van der Waals surface area contributed by atoms with Crippen molar-refractivity contribution in [2.45, 2.75) is 26.7 Å². The van der Waals surface area contributed by atoms with Crippen molar-refractivity contribution >= 4 is 5.97 Å². The zero-order valence-corrected chi connectivity index (χ0v) is 7.00. The quantitative estimate of drug-likeness (QED) is 0.624. The molecule has 0 aromatic rings. The topological polar surface area (TPSA) is 37.3 Å². The Bertz CT molecular complexity index is 208. The third-order valence-electron chi connectivity index (χ3n) is 3.89. The minimum absolute atomic E-state index is 0.0324. The van der Waals surface area contributed by atoms with Crippen LogP contribution in [0.2, 0.25) is 0 Å². The van der Waals surface area contributed by atoms with Gasteiger partial charge in [0.15, 0.2) is 0 Å². The summed E-state index contributed by atoms with van der Waals surface area (Å²) in [5.74, 6) is 0.539. The van der Waals surface area contributed by atoms with Crippen LogP contribution in [-0.4, -0.2) is 11.1 Å². The van der Waals surface area contributed by atoms with E-state index in [0.717, 1.165) is 12.8 Å². The van der Waals surface area contributed by atoms with Crippen molar-refractivity contribution < 1.29 is 9.90 Å². The summed E-state index contributed by atoms with van der Waals surface area (Å²) in [6, 6.07) is 0. The van der Waals surface area contributed by atoms with Gasteiger partial charge in [-0.15, -0.1) is 0 Å². The van der Waals surface area contributed by atoms with Gasteiger partial charge in [0.1, 0.15) is 0 Å². The summed E-state index contributed by atoms with van der Waals surface area (Å²) in [6.07, 6.45) is 2.08. The highest BCUT2D eigenvalue weighted by atomic mass is 16.4. The normalized spacial score (nSPS) is 45.1. The molecule has 0 unspecified atom stereocenters. The van der Waals surface area contributed by atoms with Crippen molar-refractivity contribution in [3.05, 3.63) is 0 Å². The van der Waals surface area contributed by atoms with Gasteiger partial charge < -0.3 is 5.11 Å². The molecule has 0 saturated heterocycles. The molecule has 2 bridgehead atoms. The van der Waals surface area contributed by atoms with Crippen LogP contribution in [0.3, 0.4) is 0 Å². The third kappa shape index (κ3) is 0.700. The van der Waals surface area contributed by atoms with Crippen molar-refractivity contribution in [1.29, 1.82) is 0 Å². The van der Waals surface area contributed by atoms with Crippen molar-refractivity contribution in [3.63, 3.8) is 0 Å². The van der Waals surface area contributed by atoms with E-state index in [1.54, 1.807) is 0 Å². The summed E-state index contributed by atoms with van der Waals surface area (Å²) < 4.78 is 0. The average molecular weight is 154 g/mol. The van der Waals surface area contributed by atoms with E-state index >= 15 is 0 Å². The van der Waals surface area contributed by atoms with E-state index in [1.807, 2.05) is 0 Å². The number of hydrogen-bond donors (Lipinski definition) is 1. The standard InChI is InChI=1S/C9H14O2/c1-9(2)5-3-6(8(10)11)7(9)4-5/h5-7H,3-4H2,1-2H3,(H,10,11)/t5-,6+,7+/m1/s1. The summed E-state index contributed by atoms with van der Waals surface area (Å²) in [7, 11) is 0. The average Bonchev–Trinajstić information content (AvgIpc) is 2.40. The van der Waals surface area contributed by atoms with Gasteiger partial charge in [-0.3, -0.25) is 4.79 Å². The van der Waals surface area contributed by atoms with Crippen LogP contribution in [-0.2, 0) is 4.79 Å². The number of hydrogen-bond acceptors (Lipinski definition) is 1. The minimum Gasteiger partial charge on any atom is -0.481 e. The third-order valence-corrected chi connectivity index (χ3v) is 3.89. The SMILES string of the molecule is CC1(C)[C@@H]2C[C@H](C(=O)O)[C@@H]1C2. The Kier molecular flexibility index (Phi) is 1.16. The molecule has 3 atom stereocenters. The molecule has 3 saturated carbocycles. The van der Waals surface area contributed by atoms with Crippen LogP contribution < -0.4 is 0 Å². The molecule has 0 aromatic carbocycles. The van der Waals surface area contributed by atoms with E-state index in [-0.39, 0.29) is 5.92 Å². The van der Waals surface area contributed by atoms with Gasteiger partial charge >= 0.3 is 5.97 Å². The fourth-order valence-corrected chi connectivity index (χ4v) is 2.88. The molecule has 3 rings (SSSR count). The molecule has 0 aliphatic heterocycles. The zero-order valence-electron chi connectivity index (χ0n) is 7.00. The van der Waals surface area contributed by atoms with Gasteiger partial charge in [0.25, 0.3) is 0 Å². The van der Waals surface area contributed by atoms with E-state index < -0.39 is 5.97 Å². The summed E-state index contributed by atoms with van der Waals surface area (Å²) >= 11 is 0. The highest BCUT2D eigenvalue weighted by molar-refractivity contribution is 5.71. The molecule has 3 fully saturated rings. The number of fused-ring (bicyclic) bond motifs is 1. The molecule has 0 aromatic heterocycles. The fraction of sp³-hybridized carbons (Fsp3) is 0.889. The van der Waals surface area contributed by atoms with Crippen LogP contribution in [0.5, 0.6) is 0 Å². The molecule has 11 heavy (non-hydrogen) atoms. The smallest absolute Gasteiger partial charge is 0.306 e. The molecule has 0 radical (unpaired) electrons. The van der Waals surface area contributed by atoms with Crippen molar-refractivity contribution in [2.24, 2.45) is 23.2 Å². The van der Waals surface area contributed by atoms with Crippen LogP contribution in [0, 0.1) is 23.2 Å². The molecule has 0 heterocycles. The second-order valence-corrected chi connectivity index (χ2v) is 4.54. The number of aliphatic carboxylic acids is 1. The lowest BCUT2D eigenvalue weighted by molar-refractivity contribution is -0.144.